The number of aliphatic hydroxyl groups excluding tert-OH is 1. The van der Waals surface area contributed by atoms with E-state index in [1.165, 1.54) is 55.2 Å². The first-order chi connectivity index (χ1) is 18.1. The lowest BCUT2D eigenvalue weighted by molar-refractivity contribution is -0.138. The van der Waals surface area contributed by atoms with Gasteiger partial charge in [0.25, 0.3) is 0 Å². The number of aliphatic hydroxyl groups is 1. The summed E-state index contributed by atoms with van der Waals surface area (Å²) in [6.07, 6.45) is 20.5. The highest BCUT2D eigenvalue weighted by atomic mass is 16.3. The van der Waals surface area contributed by atoms with Crippen LogP contribution in [0.1, 0.15) is 97.7 Å². The SMILES string of the molecule is O=Cc1ccc2c(C3CCCCCC3)c3n(c2c1)CC(C(=O)N1CCC(O)CC1)CC1C=CC=CC3C1. The third-order valence-electron chi connectivity index (χ3n) is 9.43. The number of aldehydes is 1. The molecule has 1 amide bonds. The van der Waals surface area contributed by atoms with E-state index in [0.717, 1.165) is 24.6 Å². The number of carbonyl (C=O) groups excluding carboxylic acids is 2. The molecular weight excluding hydrogens is 460 g/mol. The minimum atomic E-state index is -0.290. The Morgan fingerprint density at radius 1 is 0.946 bits per heavy atom. The zero-order valence-electron chi connectivity index (χ0n) is 21.9. The molecule has 37 heavy (non-hydrogen) atoms. The summed E-state index contributed by atoms with van der Waals surface area (Å²) in [7, 11) is 0. The lowest BCUT2D eigenvalue weighted by atomic mass is 9.80. The van der Waals surface area contributed by atoms with Gasteiger partial charge in [-0.2, -0.15) is 0 Å². The molecule has 2 bridgehead atoms. The van der Waals surface area contributed by atoms with Crippen LogP contribution < -0.4 is 0 Å². The number of aromatic nitrogens is 1. The van der Waals surface area contributed by atoms with Crippen LogP contribution in [0.5, 0.6) is 0 Å². The van der Waals surface area contributed by atoms with Gasteiger partial charge in [-0.25, -0.2) is 0 Å². The molecule has 0 radical (unpaired) electrons. The number of amides is 1. The molecule has 1 saturated carbocycles. The average Bonchev–Trinajstić information content (AvgIpc) is 3.15. The van der Waals surface area contributed by atoms with Gasteiger partial charge in [0.1, 0.15) is 6.29 Å². The molecule has 196 valence electrons. The van der Waals surface area contributed by atoms with Crippen molar-refractivity contribution in [2.45, 2.75) is 88.7 Å². The Bertz CT molecular complexity index is 1210. The van der Waals surface area contributed by atoms with Crippen molar-refractivity contribution in [2.24, 2.45) is 11.8 Å². The first kappa shape index (κ1) is 24.7. The van der Waals surface area contributed by atoms with Crippen LogP contribution in [-0.4, -0.2) is 46.0 Å². The Morgan fingerprint density at radius 3 is 2.46 bits per heavy atom. The third-order valence-corrected chi connectivity index (χ3v) is 9.43. The number of fused-ring (bicyclic) bond motifs is 6. The Morgan fingerprint density at radius 2 is 1.70 bits per heavy atom. The number of hydrogen-bond donors (Lipinski definition) is 1. The number of piperidine rings is 1. The molecule has 5 nitrogen and oxygen atoms in total. The van der Waals surface area contributed by atoms with Crippen LogP contribution in [0.3, 0.4) is 0 Å². The summed E-state index contributed by atoms with van der Waals surface area (Å²) in [6, 6.07) is 6.21. The first-order valence-electron chi connectivity index (χ1n) is 14.6. The number of likely N-dealkylation sites (tertiary alicyclic amines) is 1. The van der Waals surface area contributed by atoms with E-state index in [-0.39, 0.29) is 17.9 Å². The predicted octanol–water partition coefficient (Wildman–Crippen LogP) is 6.11. The van der Waals surface area contributed by atoms with Gasteiger partial charge >= 0.3 is 0 Å². The van der Waals surface area contributed by atoms with Crippen molar-refractivity contribution in [1.82, 2.24) is 9.47 Å². The largest absolute Gasteiger partial charge is 0.393 e. The molecule has 2 aliphatic heterocycles. The molecule has 4 aliphatic rings. The Kier molecular flexibility index (Phi) is 7.07. The van der Waals surface area contributed by atoms with Crippen molar-refractivity contribution >= 4 is 23.1 Å². The van der Waals surface area contributed by atoms with Gasteiger partial charge in [0.05, 0.1) is 12.0 Å². The minimum absolute atomic E-state index is 0.111. The van der Waals surface area contributed by atoms with Crippen LogP contribution in [0, 0.1) is 11.8 Å². The molecule has 5 heteroatoms. The van der Waals surface area contributed by atoms with E-state index >= 15 is 0 Å². The standard InChI is InChI=1S/C32H40N2O3/c35-21-23-11-12-28-29(19-23)34-20-26(32(37)33-15-13-27(36)14-16-33)18-22-7-5-6-10-25(17-22)31(34)30(28)24-8-3-1-2-4-9-24/h5-7,10-12,19,21-22,24-27,36H,1-4,8-9,13-18,20H2. The first-order valence-corrected chi connectivity index (χ1v) is 14.6. The highest BCUT2D eigenvalue weighted by Gasteiger charge is 2.36. The molecule has 1 aromatic heterocycles. The zero-order valence-corrected chi connectivity index (χ0v) is 21.9. The van der Waals surface area contributed by atoms with E-state index in [2.05, 4.69) is 41.0 Å². The molecule has 1 N–H and O–H groups in total. The molecule has 3 heterocycles. The molecule has 6 rings (SSSR count). The van der Waals surface area contributed by atoms with Crippen LogP contribution in [0.2, 0.25) is 0 Å². The monoisotopic (exact) mass is 500 g/mol. The van der Waals surface area contributed by atoms with Crippen molar-refractivity contribution < 1.29 is 14.7 Å². The maximum Gasteiger partial charge on any atom is 0.227 e. The van der Waals surface area contributed by atoms with Crippen molar-refractivity contribution in [2.75, 3.05) is 13.1 Å². The van der Waals surface area contributed by atoms with Gasteiger partial charge in [-0.05, 0) is 62.0 Å². The molecule has 3 unspecified atom stereocenters. The lowest BCUT2D eigenvalue weighted by Gasteiger charge is -2.36. The molecule has 2 aromatic rings. The quantitative estimate of drug-likeness (QED) is 0.408. The molecule has 2 fully saturated rings. The van der Waals surface area contributed by atoms with Crippen molar-refractivity contribution in [3.63, 3.8) is 0 Å². The van der Waals surface area contributed by atoms with E-state index in [1.54, 1.807) is 0 Å². The Labute approximate surface area is 220 Å². The number of nitrogens with zero attached hydrogens (tertiary/aromatic N) is 2. The van der Waals surface area contributed by atoms with E-state index in [9.17, 15) is 14.7 Å². The summed E-state index contributed by atoms with van der Waals surface area (Å²) in [6.45, 7) is 1.94. The van der Waals surface area contributed by atoms with Gasteiger partial charge < -0.3 is 14.6 Å². The number of hydrogen-bond acceptors (Lipinski definition) is 3. The predicted molar refractivity (Wildman–Crippen MR) is 147 cm³/mol. The zero-order chi connectivity index (χ0) is 25.4. The van der Waals surface area contributed by atoms with Gasteiger partial charge in [-0.1, -0.05) is 62.1 Å². The second-order valence-corrected chi connectivity index (χ2v) is 11.9. The van der Waals surface area contributed by atoms with Crippen molar-refractivity contribution in [1.29, 1.82) is 0 Å². The fourth-order valence-corrected chi connectivity index (χ4v) is 7.54. The van der Waals surface area contributed by atoms with E-state index < -0.39 is 0 Å². The van der Waals surface area contributed by atoms with Crippen LogP contribution >= 0.6 is 0 Å². The maximum absolute atomic E-state index is 13.9. The van der Waals surface area contributed by atoms with E-state index in [4.69, 9.17) is 0 Å². The smallest absolute Gasteiger partial charge is 0.227 e. The summed E-state index contributed by atoms with van der Waals surface area (Å²) < 4.78 is 2.44. The van der Waals surface area contributed by atoms with Gasteiger partial charge in [-0.3, -0.25) is 9.59 Å². The van der Waals surface area contributed by atoms with Crippen LogP contribution in [0.15, 0.2) is 42.5 Å². The van der Waals surface area contributed by atoms with E-state index in [0.29, 0.717) is 55.8 Å². The molecule has 3 atom stereocenters. The second-order valence-electron chi connectivity index (χ2n) is 11.9. The van der Waals surface area contributed by atoms with Gasteiger partial charge in [0.15, 0.2) is 0 Å². The van der Waals surface area contributed by atoms with Crippen molar-refractivity contribution in [3.05, 3.63) is 59.3 Å². The summed E-state index contributed by atoms with van der Waals surface area (Å²) in [5, 5.41) is 11.3. The Balaban J connectivity index is 1.49. The summed E-state index contributed by atoms with van der Waals surface area (Å²) in [4.78, 5) is 27.7. The third kappa shape index (κ3) is 4.83. The van der Waals surface area contributed by atoms with Gasteiger partial charge in [-0.15, -0.1) is 0 Å². The normalized spacial score (nSPS) is 27.3. The number of allylic oxidation sites excluding steroid dienone is 4. The van der Waals surface area contributed by atoms with Gasteiger partial charge in [0.2, 0.25) is 5.91 Å². The lowest BCUT2D eigenvalue weighted by Crippen LogP contribution is -2.44. The highest BCUT2D eigenvalue weighted by molar-refractivity contribution is 5.92. The Hall–Kier alpha value is -2.66. The highest BCUT2D eigenvalue weighted by Crippen LogP contribution is 2.46. The topological polar surface area (TPSA) is 62.5 Å². The maximum atomic E-state index is 13.9. The second kappa shape index (κ2) is 10.6. The van der Waals surface area contributed by atoms with Crippen LogP contribution in [0.25, 0.3) is 10.9 Å². The molecular formula is C32H40N2O3. The number of rotatable bonds is 3. The summed E-state index contributed by atoms with van der Waals surface area (Å²) in [5.41, 5.74) is 4.70. The van der Waals surface area contributed by atoms with Crippen LogP contribution in [0.4, 0.5) is 0 Å². The molecule has 0 spiro atoms. The van der Waals surface area contributed by atoms with Crippen molar-refractivity contribution in [3.8, 4) is 0 Å². The molecule has 2 aliphatic carbocycles. The minimum Gasteiger partial charge on any atom is -0.393 e. The molecule has 1 aromatic carbocycles. The number of carbonyl (C=O) groups is 2. The summed E-state index contributed by atoms with van der Waals surface area (Å²) >= 11 is 0. The molecule has 1 saturated heterocycles. The average molecular weight is 501 g/mol. The van der Waals surface area contributed by atoms with E-state index in [1.807, 2.05) is 11.0 Å². The summed E-state index contributed by atoms with van der Waals surface area (Å²) in [5.74, 6) is 1.32. The van der Waals surface area contributed by atoms with Crippen LogP contribution in [-0.2, 0) is 11.3 Å². The van der Waals surface area contributed by atoms with Gasteiger partial charge in [0, 0.05) is 47.7 Å². The fraction of sp³-hybridized carbons (Fsp3) is 0.562. The fourth-order valence-electron chi connectivity index (χ4n) is 7.54. The number of benzene rings is 1.